The smallest absolute Gasteiger partial charge is 0.263 e. The van der Waals surface area contributed by atoms with E-state index >= 15 is 0 Å². The summed E-state index contributed by atoms with van der Waals surface area (Å²) in [7, 11) is -3.83. The molecule has 0 saturated carbocycles. The molecule has 0 spiro atoms. The van der Waals surface area contributed by atoms with Crippen molar-refractivity contribution in [3.05, 3.63) is 90.2 Å². The van der Waals surface area contributed by atoms with E-state index in [1.807, 2.05) is 29.2 Å². The van der Waals surface area contributed by atoms with Crippen LogP contribution in [-0.2, 0) is 16.6 Å². The third kappa shape index (κ3) is 4.71. The molecule has 7 nitrogen and oxygen atoms in total. The highest BCUT2D eigenvalue weighted by atomic mass is 32.2. The molecule has 1 aliphatic rings. The van der Waals surface area contributed by atoms with Crippen molar-refractivity contribution in [3.63, 3.8) is 0 Å². The van der Waals surface area contributed by atoms with Gasteiger partial charge in [0.1, 0.15) is 5.82 Å². The summed E-state index contributed by atoms with van der Waals surface area (Å²) in [6.45, 7) is 3.13. The number of benzene rings is 3. The lowest BCUT2D eigenvalue weighted by Gasteiger charge is -2.36. The van der Waals surface area contributed by atoms with E-state index in [9.17, 15) is 12.8 Å². The van der Waals surface area contributed by atoms with E-state index in [0.717, 1.165) is 0 Å². The van der Waals surface area contributed by atoms with E-state index in [-0.39, 0.29) is 16.5 Å². The van der Waals surface area contributed by atoms with Crippen molar-refractivity contribution in [3.8, 4) is 0 Å². The molecule has 1 aromatic heterocycles. The van der Waals surface area contributed by atoms with Crippen LogP contribution in [0.3, 0.4) is 0 Å². The molecule has 9 heteroatoms. The fourth-order valence-corrected chi connectivity index (χ4v) is 5.08. The zero-order valence-electron chi connectivity index (χ0n) is 18.4. The summed E-state index contributed by atoms with van der Waals surface area (Å²) >= 11 is 0. The second-order valence-electron chi connectivity index (χ2n) is 8.16. The molecular formula is C25H24FN5O2S. The summed E-state index contributed by atoms with van der Waals surface area (Å²) < 4.78 is 42.7. The quantitative estimate of drug-likeness (QED) is 0.454. The Balaban J connectivity index is 1.41. The number of piperazine rings is 1. The Morgan fingerprint density at radius 1 is 0.794 bits per heavy atom. The number of nitrogens with one attached hydrogen (secondary N) is 1. The van der Waals surface area contributed by atoms with Gasteiger partial charge >= 0.3 is 0 Å². The van der Waals surface area contributed by atoms with Gasteiger partial charge in [0, 0.05) is 38.3 Å². The Hall–Kier alpha value is -3.56. The summed E-state index contributed by atoms with van der Waals surface area (Å²) in [6, 6.07) is 22.4. The molecule has 0 amide bonds. The number of sulfonamides is 1. The SMILES string of the molecule is O=S(=O)(Nc1nc2ccccc2nc1N1CCN(Cc2ccccc2F)CC1)c1ccccc1. The van der Waals surface area contributed by atoms with E-state index in [2.05, 4.69) is 14.6 Å². The molecule has 1 aliphatic heterocycles. The Kier molecular flexibility index (Phi) is 6.12. The average molecular weight is 478 g/mol. The molecular weight excluding hydrogens is 453 g/mol. The number of halogens is 1. The van der Waals surface area contributed by atoms with Crippen molar-refractivity contribution >= 4 is 32.7 Å². The third-order valence-electron chi connectivity index (χ3n) is 5.86. The van der Waals surface area contributed by atoms with Crippen molar-refractivity contribution < 1.29 is 12.8 Å². The summed E-state index contributed by atoms with van der Waals surface area (Å²) in [5.41, 5.74) is 1.96. The number of para-hydroxylation sites is 2. The lowest BCUT2D eigenvalue weighted by Crippen LogP contribution is -2.46. The molecule has 3 aromatic carbocycles. The number of rotatable bonds is 6. The van der Waals surface area contributed by atoms with Crippen molar-refractivity contribution in [1.82, 2.24) is 14.9 Å². The number of anilines is 2. The van der Waals surface area contributed by atoms with Crippen LogP contribution in [0.25, 0.3) is 11.0 Å². The minimum Gasteiger partial charge on any atom is -0.351 e. The van der Waals surface area contributed by atoms with Crippen LogP contribution in [0.5, 0.6) is 0 Å². The molecule has 2 heterocycles. The molecule has 174 valence electrons. The maximum absolute atomic E-state index is 14.1. The fraction of sp³-hybridized carbons (Fsp3) is 0.200. The summed E-state index contributed by atoms with van der Waals surface area (Å²) in [5.74, 6) is 0.483. The molecule has 1 fully saturated rings. The third-order valence-corrected chi connectivity index (χ3v) is 7.22. The molecule has 0 bridgehead atoms. The summed E-state index contributed by atoms with van der Waals surface area (Å²) in [5, 5.41) is 0. The highest BCUT2D eigenvalue weighted by Gasteiger charge is 2.25. The largest absolute Gasteiger partial charge is 0.351 e. The van der Waals surface area contributed by atoms with Gasteiger partial charge in [0.2, 0.25) is 0 Å². The monoisotopic (exact) mass is 477 g/mol. The van der Waals surface area contributed by atoms with Crippen LogP contribution in [0.15, 0.2) is 83.8 Å². The lowest BCUT2D eigenvalue weighted by molar-refractivity contribution is 0.246. The van der Waals surface area contributed by atoms with E-state index in [1.165, 1.54) is 18.2 Å². The average Bonchev–Trinajstić information content (AvgIpc) is 2.86. The first-order valence-corrected chi connectivity index (χ1v) is 12.5. The van der Waals surface area contributed by atoms with Gasteiger partial charge < -0.3 is 4.90 Å². The highest BCUT2D eigenvalue weighted by Crippen LogP contribution is 2.28. The van der Waals surface area contributed by atoms with Crippen molar-refractivity contribution in [2.75, 3.05) is 35.8 Å². The van der Waals surface area contributed by atoms with Gasteiger partial charge in [0.05, 0.1) is 15.9 Å². The molecule has 0 unspecified atom stereocenters. The minimum absolute atomic E-state index is 0.158. The van der Waals surface area contributed by atoms with Gasteiger partial charge in [0.15, 0.2) is 11.6 Å². The van der Waals surface area contributed by atoms with Gasteiger partial charge in [0.25, 0.3) is 10.0 Å². The summed E-state index contributed by atoms with van der Waals surface area (Å²) in [4.78, 5) is 13.7. The first kappa shape index (κ1) is 22.2. The molecule has 1 saturated heterocycles. The second kappa shape index (κ2) is 9.36. The topological polar surface area (TPSA) is 78.4 Å². The fourth-order valence-electron chi connectivity index (χ4n) is 4.05. The van der Waals surface area contributed by atoms with Crippen LogP contribution >= 0.6 is 0 Å². The maximum Gasteiger partial charge on any atom is 0.263 e. The van der Waals surface area contributed by atoms with E-state index in [0.29, 0.717) is 55.1 Å². The molecule has 1 N–H and O–H groups in total. The Morgan fingerprint density at radius 3 is 2.12 bits per heavy atom. The molecule has 0 atom stereocenters. The predicted octanol–water partition coefficient (Wildman–Crippen LogP) is 3.89. The molecule has 34 heavy (non-hydrogen) atoms. The van der Waals surface area contributed by atoms with Gasteiger partial charge in [-0.3, -0.25) is 9.62 Å². The van der Waals surface area contributed by atoms with Gasteiger partial charge in [-0.1, -0.05) is 48.5 Å². The highest BCUT2D eigenvalue weighted by molar-refractivity contribution is 7.92. The van der Waals surface area contributed by atoms with Crippen LogP contribution in [0.2, 0.25) is 0 Å². The van der Waals surface area contributed by atoms with E-state index in [4.69, 9.17) is 4.98 Å². The molecule has 5 rings (SSSR count). The van der Waals surface area contributed by atoms with E-state index in [1.54, 1.807) is 36.4 Å². The molecule has 4 aromatic rings. The number of nitrogens with zero attached hydrogens (tertiary/aromatic N) is 4. The Labute approximate surface area is 197 Å². The first-order valence-electron chi connectivity index (χ1n) is 11.0. The van der Waals surface area contributed by atoms with Crippen molar-refractivity contribution in [2.24, 2.45) is 0 Å². The zero-order chi connectivity index (χ0) is 23.5. The van der Waals surface area contributed by atoms with Crippen LogP contribution in [0, 0.1) is 5.82 Å². The Morgan fingerprint density at radius 2 is 1.41 bits per heavy atom. The molecule has 0 radical (unpaired) electrons. The standard InChI is InChI=1S/C25H24FN5O2S/c26-21-11-5-4-8-19(21)18-30-14-16-31(17-15-30)25-24(27-22-12-6-7-13-23(22)28-25)29-34(32,33)20-9-2-1-3-10-20/h1-13H,14-18H2,(H,27,29). The second-order valence-corrected chi connectivity index (χ2v) is 9.84. The predicted molar refractivity (Wildman–Crippen MR) is 131 cm³/mol. The maximum atomic E-state index is 14.1. The first-order chi connectivity index (χ1) is 16.5. The van der Waals surface area contributed by atoms with Crippen LogP contribution in [0.1, 0.15) is 5.56 Å². The Bertz CT molecular complexity index is 1410. The summed E-state index contributed by atoms with van der Waals surface area (Å²) in [6.07, 6.45) is 0. The number of fused-ring (bicyclic) bond motifs is 1. The van der Waals surface area contributed by atoms with Crippen molar-refractivity contribution in [2.45, 2.75) is 11.4 Å². The van der Waals surface area contributed by atoms with Crippen LogP contribution < -0.4 is 9.62 Å². The normalized spacial score (nSPS) is 14.9. The number of aromatic nitrogens is 2. The van der Waals surface area contributed by atoms with Gasteiger partial charge in [-0.15, -0.1) is 0 Å². The van der Waals surface area contributed by atoms with E-state index < -0.39 is 10.0 Å². The number of hydrogen-bond donors (Lipinski definition) is 1. The van der Waals surface area contributed by atoms with Gasteiger partial charge in [-0.25, -0.2) is 22.8 Å². The molecule has 0 aliphatic carbocycles. The minimum atomic E-state index is -3.83. The van der Waals surface area contributed by atoms with Gasteiger partial charge in [-0.2, -0.15) is 0 Å². The van der Waals surface area contributed by atoms with Crippen LogP contribution in [-0.4, -0.2) is 49.5 Å². The van der Waals surface area contributed by atoms with Crippen molar-refractivity contribution in [1.29, 1.82) is 0 Å². The van der Waals surface area contributed by atoms with Gasteiger partial charge in [-0.05, 0) is 30.3 Å². The lowest BCUT2D eigenvalue weighted by atomic mass is 10.2. The number of hydrogen-bond acceptors (Lipinski definition) is 6. The van der Waals surface area contributed by atoms with Crippen LogP contribution in [0.4, 0.5) is 16.0 Å². The zero-order valence-corrected chi connectivity index (χ0v) is 19.2.